The number of fused-ring (bicyclic) bond motifs is 1. The van der Waals surface area contributed by atoms with Gasteiger partial charge in [-0.3, -0.25) is 9.88 Å². The first-order valence-corrected chi connectivity index (χ1v) is 8.08. The molecule has 1 fully saturated rings. The molecule has 1 aliphatic rings. The Labute approximate surface area is 127 Å². The number of likely N-dealkylation sites (tertiary alicyclic amines) is 1. The number of nitrogens with one attached hydrogen (secondary N) is 1. The van der Waals surface area contributed by atoms with Crippen LogP contribution in [0.5, 0.6) is 0 Å². The number of rotatable bonds is 4. The van der Waals surface area contributed by atoms with Crippen molar-refractivity contribution >= 4 is 16.6 Å². The van der Waals surface area contributed by atoms with E-state index in [1.165, 1.54) is 43.4 Å². The van der Waals surface area contributed by atoms with Crippen LogP contribution in [0.15, 0.2) is 30.3 Å². The molecular weight excluding hydrogens is 258 g/mol. The van der Waals surface area contributed by atoms with Crippen LogP contribution in [0.25, 0.3) is 10.9 Å². The fourth-order valence-corrected chi connectivity index (χ4v) is 3.20. The molecule has 0 bridgehead atoms. The van der Waals surface area contributed by atoms with Crippen LogP contribution >= 0.6 is 0 Å². The van der Waals surface area contributed by atoms with E-state index in [1.54, 1.807) is 0 Å². The van der Waals surface area contributed by atoms with Crippen molar-refractivity contribution in [3.8, 4) is 0 Å². The summed E-state index contributed by atoms with van der Waals surface area (Å²) in [5, 5.41) is 4.86. The first-order valence-electron chi connectivity index (χ1n) is 8.08. The van der Waals surface area contributed by atoms with Gasteiger partial charge in [-0.15, -0.1) is 0 Å². The van der Waals surface area contributed by atoms with Crippen LogP contribution in [0, 0.1) is 6.92 Å². The van der Waals surface area contributed by atoms with Crippen molar-refractivity contribution in [3.05, 3.63) is 36.0 Å². The molecule has 0 aliphatic carbocycles. The first-order chi connectivity index (χ1) is 10.2. The number of hydrogen-bond donors (Lipinski definition) is 1. The second kappa shape index (κ2) is 6.44. The van der Waals surface area contributed by atoms with Crippen molar-refractivity contribution in [3.63, 3.8) is 0 Å². The molecule has 0 amide bonds. The van der Waals surface area contributed by atoms with Gasteiger partial charge >= 0.3 is 0 Å². The van der Waals surface area contributed by atoms with Crippen LogP contribution in [0.3, 0.4) is 0 Å². The average Bonchev–Trinajstić information content (AvgIpc) is 2.53. The summed E-state index contributed by atoms with van der Waals surface area (Å²) in [6.07, 6.45) is 4.09. The molecule has 1 atom stereocenters. The lowest BCUT2D eigenvalue weighted by Gasteiger charge is -2.32. The molecule has 3 rings (SSSR count). The molecule has 0 spiro atoms. The molecule has 1 saturated heterocycles. The summed E-state index contributed by atoms with van der Waals surface area (Å²) in [6.45, 7) is 7.88. The van der Waals surface area contributed by atoms with Gasteiger partial charge in [0.25, 0.3) is 0 Å². The molecule has 3 nitrogen and oxygen atoms in total. The zero-order valence-corrected chi connectivity index (χ0v) is 13.1. The van der Waals surface area contributed by atoms with Crippen LogP contribution < -0.4 is 5.32 Å². The van der Waals surface area contributed by atoms with E-state index in [1.807, 2.05) is 0 Å². The van der Waals surface area contributed by atoms with Gasteiger partial charge in [0.05, 0.1) is 5.52 Å². The van der Waals surface area contributed by atoms with Crippen molar-refractivity contribution in [1.82, 2.24) is 9.88 Å². The van der Waals surface area contributed by atoms with Gasteiger partial charge in [0, 0.05) is 29.4 Å². The summed E-state index contributed by atoms with van der Waals surface area (Å²) in [5.41, 5.74) is 3.36. The van der Waals surface area contributed by atoms with Gasteiger partial charge in [0.2, 0.25) is 0 Å². The second-order valence-electron chi connectivity index (χ2n) is 6.15. The number of hydrogen-bond acceptors (Lipinski definition) is 3. The summed E-state index contributed by atoms with van der Waals surface area (Å²) in [5.74, 6) is 0. The Morgan fingerprint density at radius 1 is 1.19 bits per heavy atom. The number of piperidine rings is 1. The molecule has 0 radical (unpaired) electrons. The molecule has 2 heterocycles. The molecule has 1 aromatic heterocycles. The van der Waals surface area contributed by atoms with Gasteiger partial charge in [-0.25, -0.2) is 0 Å². The second-order valence-corrected chi connectivity index (χ2v) is 6.15. The minimum absolute atomic E-state index is 0.581. The van der Waals surface area contributed by atoms with E-state index in [9.17, 15) is 0 Å². The largest absolute Gasteiger partial charge is 0.383 e. The molecular formula is C18H25N3. The standard InChI is InChI=1S/C18H25N3/c1-14-12-18(16-8-4-5-9-17(16)20-14)19-13-15(2)21-10-6-3-7-11-21/h4-5,8-9,12,15H,3,6-7,10-11,13H2,1-2H3,(H,19,20). The number of benzene rings is 1. The predicted molar refractivity (Wildman–Crippen MR) is 89.9 cm³/mol. The van der Waals surface area contributed by atoms with Crippen molar-refractivity contribution < 1.29 is 0 Å². The highest BCUT2D eigenvalue weighted by molar-refractivity contribution is 5.91. The summed E-state index contributed by atoms with van der Waals surface area (Å²) in [4.78, 5) is 7.21. The van der Waals surface area contributed by atoms with Crippen molar-refractivity contribution in [1.29, 1.82) is 0 Å². The molecule has 1 aromatic carbocycles. The monoisotopic (exact) mass is 283 g/mol. The highest BCUT2D eigenvalue weighted by atomic mass is 15.2. The molecule has 1 N–H and O–H groups in total. The summed E-state index contributed by atoms with van der Waals surface area (Å²) in [6, 6.07) is 11.1. The minimum atomic E-state index is 0.581. The maximum absolute atomic E-state index is 4.60. The lowest BCUT2D eigenvalue weighted by Crippen LogP contribution is -2.41. The lowest BCUT2D eigenvalue weighted by molar-refractivity contribution is 0.180. The number of anilines is 1. The lowest BCUT2D eigenvalue weighted by atomic mass is 10.1. The maximum Gasteiger partial charge on any atom is 0.0725 e. The van der Waals surface area contributed by atoms with E-state index >= 15 is 0 Å². The van der Waals surface area contributed by atoms with Crippen molar-refractivity contribution in [2.24, 2.45) is 0 Å². The number of aromatic nitrogens is 1. The Morgan fingerprint density at radius 3 is 2.76 bits per heavy atom. The van der Waals surface area contributed by atoms with E-state index in [0.717, 1.165) is 17.8 Å². The first kappa shape index (κ1) is 14.3. The van der Waals surface area contributed by atoms with Crippen molar-refractivity contribution in [2.45, 2.75) is 39.2 Å². The van der Waals surface area contributed by atoms with Gasteiger partial charge in [-0.2, -0.15) is 0 Å². The van der Waals surface area contributed by atoms with Crippen LogP contribution in [-0.4, -0.2) is 35.6 Å². The summed E-state index contributed by atoms with van der Waals surface area (Å²) < 4.78 is 0. The molecule has 21 heavy (non-hydrogen) atoms. The minimum Gasteiger partial charge on any atom is -0.383 e. The van der Waals surface area contributed by atoms with Gasteiger partial charge in [-0.05, 0) is 51.9 Å². The summed E-state index contributed by atoms with van der Waals surface area (Å²) in [7, 11) is 0. The fraction of sp³-hybridized carbons (Fsp3) is 0.500. The number of aryl methyl sites for hydroxylation is 1. The Hall–Kier alpha value is -1.61. The van der Waals surface area contributed by atoms with Crippen molar-refractivity contribution in [2.75, 3.05) is 25.0 Å². The highest BCUT2D eigenvalue weighted by Gasteiger charge is 2.16. The molecule has 1 unspecified atom stereocenters. The van der Waals surface area contributed by atoms with E-state index < -0.39 is 0 Å². The van der Waals surface area contributed by atoms with Gasteiger partial charge in [0.1, 0.15) is 0 Å². The van der Waals surface area contributed by atoms with E-state index in [0.29, 0.717) is 6.04 Å². The molecule has 3 heteroatoms. The predicted octanol–water partition coefficient (Wildman–Crippen LogP) is 3.83. The smallest absolute Gasteiger partial charge is 0.0725 e. The normalized spacial score (nSPS) is 17.8. The zero-order valence-electron chi connectivity index (χ0n) is 13.1. The number of nitrogens with zero attached hydrogens (tertiary/aromatic N) is 2. The molecule has 1 aliphatic heterocycles. The Morgan fingerprint density at radius 2 is 1.95 bits per heavy atom. The van der Waals surface area contributed by atoms with Gasteiger partial charge in [0.15, 0.2) is 0 Å². The topological polar surface area (TPSA) is 28.2 Å². The van der Waals surface area contributed by atoms with Crippen LogP contribution in [0.4, 0.5) is 5.69 Å². The fourth-order valence-electron chi connectivity index (χ4n) is 3.20. The summed E-state index contributed by atoms with van der Waals surface area (Å²) >= 11 is 0. The number of para-hydroxylation sites is 1. The SMILES string of the molecule is Cc1cc(NCC(C)N2CCCCC2)c2ccccc2n1. The van der Waals surface area contributed by atoms with Crippen LogP contribution in [0.2, 0.25) is 0 Å². The molecule has 112 valence electrons. The van der Waals surface area contributed by atoms with Gasteiger partial charge in [-0.1, -0.05) is 24.6 Å². The van der Waals surface area contributed by atoms with E-state index in [4.69, 9.17) is 0 Å². The quantitative estimate of drug-likeness (QED) is 0.924. The third-order valence-electron chi connectivity index (χ3n) is 4.45. The van der Waals surface area contributed by atoms with Gasteiger partial charge < -0.3 is 5.32 Å². The Bertz CT molecular complexity index is 602. The maximum atomic E-state index is 4.60. The third kappa shape index (κ3) is 3.35. The highest BCUT2D eigenvalue weighted by Crippen LogP contribution is 2.23. The Balaban J connectivity index is 1.72. The Kier molecular flexibility index (Phi) is 4.39. The van der Waals surface area contributed by atoms with E-state index in [2.05, 4.69) is 59.4 Å². The average molecular weight is 283 g/mol. The third-order valence-corrected chi connectivity index (χ3v) is 4.45. The molecule has 2 aromatic rings. The molecule has 0 saturated carbocycles. The van der Waals surface area contributed by atoms with Crippen LogP contribution in [-0.2, 0) is 0 Å². The number of pyridine rings is 1. The zero-order chi connectivity index (χ0) is 14.7. The van der Waals surface area contributed by atoms with E-state index in [-0.39, 0.29) is 0 Å². The van der Waals surface area contributed by atoms with Crippen LogP contribution in [0.1, 0.15) is 31.9 Å².